The lowest BCUT2D eigenvalue weighted by molar-refractivity contribution is 1.07. The van der Waals surface area contributed by atoms with Crippen LogP contribution in [0.3, 0.4) is 0 Å². The van der Waals surface area contributed by atoms with Gasteiger partial charge in [-0.25, -0.2) is 0 Å². The highest BCUT2D eigenvalue weighted by molar-refractivity contribution is 5.88. The first kappa shape index (κ1) is 8.71. The number of H-pyrrole nitrogens is 1. The molecule has 0 fully saturated rings. The molecule has 12 heavy (non-hydrogen) atoms. The number of aliphatic imine (C=N–C) groups is 1. The zero-order valence-electron chi connectivity index (χ0n) is 7.41. The second kappa shape index (κ2) is 4.49. The van der Waals surface area contributed by atoms with E-state index in [1.807, 2.05) is 32.2 Å². The molecule has 1 N–H and O–H groups in total. The minimum atomic E-state index is 0. The zero-order chi connectivity index (χ0) is 8.81. The summed E-state index contributed by atoms with van der Waals surface area (Å²) in [6.07, 6.45) is 5.55. The summed E-state index contributed by atoms with van der Waals surface area (Å²) in [6, 6.07) is 1.94. The first-order valence-corrected chi connectivity index (χ1v) is 4.15. The van der Waals surface area contributed by atoms with Gasteiger partial charge in [-0.3, -0.25) is 10.1 Å². The summed E-state index contributed by atoms with van der Waals surface area (Å²) < 4.78 is 0. The lowest BCUT2D eigenvalue weighted by Crippen LogP contribution is -1.84. The number of aromatic amines is 1. The summed E-state index contributed by atoms with van der Waals surface area (Å²) >= 11 is 0. The van der Waals surface area contributed by atoms with Gasteiger partial charge >= 0.3 is 0 Å². The Hall–Kier alpha value is -1.38. The van der Waals surface area contributed by atoms with Gasteiger partial charge in [0, 0.05) is 19.4 Å². The third-order valence-corrected chi connectivity index (χ3v) is 1.49. The van der Waals surface area contributed by atoms with E-state index in [1.165, 1.54) is 5.57 Å². The number of nitrogens with one attached hydrogen (secondary N) is 1. The van der Waals surface area contributed by atoms with Gasteiger partial charge in [0.05, 0.1) is 12.2 Å². The number of aromatic nitrogens is 2. The molecule has 66 valence electrons. The van der Waals surface area contributed by atoms with Gasteiger partial charge in [-0.2, -0.15) is 5.10 Å². The molecule has 0 amide bonds. The number of nitrogens with zero attached hydrogens (tertiary/aromatic N) is 2. The van der Waals surface area contributed by atoms with Gasteiger partial charge in [-0.05, 0) is 12.1 Å². The fraction of sp³-hybridized carbons (Fsp3) is 0.333. The van der Waals surface area contributed by atoms with Crippen molar-refractivity contribution in [3.05, 3.63) is 24.0 Å². The van der Waals surface area contributed by atoms with Crippen molar-refractivity contribution in [2.24, 2.45) is 4.99 Å². The Morgan fingerprint density at radius 3 is 2.83 bits per heavy atom. The van der Waals surface area contributed by atoms with Crippen LogP contribution < -0.4 is 0 Å². The molecule has 3 heteroatoms. The van der Waals surface area contributed by atoms with Gasteiger partial charge in [0.25, 0.3) is 0 Å². The molecule has 1 aromatic heterocycles. The lowest BCUT2D eigenvalue weighted by Gasteiger charge is -1.92. The summed E-state index contributed by atoms with van der Waals surface area (Å²) in [5.41, 5.74) is 2.27. The zero-order valence-corrected chi connectivity index (χ0v) is 7.41. The highest BCUT2D eigenvalue weighted by Gasteiger charge is 2.03. The molecule has 0 bridgehead atoms. The molecule has 0 atom stereocenters. The Labute approximate surface area is 73.7 Å². The van der Waals surface area contributed by atoms with Crippen LogP contribution >= 0.6 is 0 Å². The second-order valence-electron chi connectivity index (χ2n) is 2.15. The Bertz CT molecular complexity index is 275. The second-order valence-corrected chi connectivity index (χ2v) is 2.15. The van der Waals surface area contributed by atoms with E-state index >= 15 is 0 Å². The average molecular weight is 165 g/mol. The first-order valence-electron chi connectivity index (χ1n) is 4.15. The van der Waals surface area contributed by atoms with Crippen LogP contribution in [-0.2, 0) is 0 Å². The van der Waals surface area contributed by atoms with Crippen molar-refractivity contribution >= 4 is 11.8 Å². The van der Waals surface area contributed by atoms with E-state index < -0.39 is 0 Å². The highest BCUT2D eigenvalue weighted by Crippen LogP contribution is 2.12. The van der Waals surface area contributed by atoms with Crippen molar-refractivity contribution in [3.63, 3.8) is 0 Å². The van der Waals surface area contributed by atoms with Gasteiger partial charge < -0.3 is 0 Å². The van der Waals surface area contributed by atoms with Gasteiger partial charge in [-0.1, -0.05) is 13.8 Å². The SMILES string of the molecule is C1=NCC(c2ccn[nH]2)=C1.CC.[HH]. The molecule has 1 aliphatic heterocycles. The van der Waals surface area contributed by atoms with Gasteiger partial charge in [0.15, 0.2) is 0 Å². The Kier molecular flexibility index (Phi) is 3.26. The van der Waals surface area contributed by atoms with Crippen LogP contribution in [0.15, 0.2) is 23.3 Å². The number of hydrogen-bond donors (Lipinski definition) is 1. The van der Waals surface area contributed by atoms with Crippen molar-refractivity contribution < 1.29 is 1.43 Å². The molecular weight excluding hydrogens is 150 g/mol. The van der Waals surface area contributed by atoms with Crippen LogP contribution in [0.1, 0.15) is 21.0 Å². The molecule has 0 spiro atoms. The van der Waals surface area contributed by atoms with Crippen LogP contribution in [0.25, 0.3) is 5.57 Å². The molecule has 0 unspecified atom stereocenters. The normalized spacial score (nSPS) is 13.7. The molecule has 1 aliphatic rings. The van der Waals surface area contributed by atoms with Crippen molar-refractivity contribution in [1.82, 2.24) is 10.2 Å². The Balaban J connectivity index is 0.000000451. The smallest absolute Gasteiger partial charge is 0.0661 e. The standard InChI is InChI=1S/C7H7N3.C2H6.H2/c1-3-8-5-6(1)7-2-4-9-10-7;1-2;/h1-4H,5H2,(H,9,10);1-2H3;1H. The predicted octanol–water partition coefficient (Wildman–Crippen LogP) is 2.15. The maximum Gasteiger partial charge on any atom is 0.0661 e. The number of allylic oxidation sites excluding steroid dienone is 1. The summed E-state index contributed by atoms with van der Waals surface area (Å²) in [5, 5.41) is 6.73. The summed E-state index contributed by atoms with van der Waals surface area (Å²) in [5.74, 6) is 0. The molecule has 0 saturated heterocycles. The maximum atomic E-state index is 4.06. The van der Waals surface area contributed by atoms with Crippen molar-refractivity contribution in [2.75, 3.05) is 6.54 Å². The average Bonchev–Trinajstić information content (AvgIpc) is 2.80. The van der Waals surface area contributed by atoms with E-state index in [2.05, 4.69) is 15.2 Å². The Morgan fingerprint density at radius 2 is 2.33 bits per heavy atom. The maximum absolute atomic E-state index is 4.06. The summed E-state index contributed by atoms with van der Waals surface area (Å²) in [6.45, 7) is 4.78. The third kappa shape index (κ3) is 1.81. The van der Waals surface area contributed by atoms with Crippen LogP contribution in [-0.4, -0.2) is 23.0 Å². The molecule has 0 saturated carbocycles. The number of rotatable bonds is 1. The Morgan fingerprint density at radius 1 is 1.50 bits per heavy atom. The topological polar surface area (TPSA) is 41.0 Å². The van der Waals surface area contributed by atoms with Crippen LogP contribution in [0.5, 0.6) is 0 Å². The van der Waals surface area contributed by atoms with Crippen molar-refractivity contribution in [3.8, 4) is 0 Å². The van der Waals surface area contributed by atoms with E-state index in [4.69, 9.17) is 0 Å². The lowest BCUT2D eigenvalue weighted by atomic mass is 10.2. The predicted molar refractivity (Wildman–Crippen MR) is 53.4 cm³/mol. The summed E-state index contributed by atoms with van der Waals surface area (Å²) in [4.78, 5) is 4.06. The van der Waals surface area contributed by atoms with E-state index in [-0.39, 0.29) is 1.43 Å². The monoisotopic (exact) mass is 165 g/mol. The molecule has 0 aromatic carbocycles. The van der Waals surface area contributed by atoms with Gasteiger partial charge in [0.1, 0.15) is 0 Å². The quantitative estimate of drug-likeness (QED) is 0.680. The molecule has 1 aromatic rings. The first-order chi connectivity index (χ1) is 5.97. The summed E-state index contributed by atoms with van der Waals surface area (Å²) in [7, 11) is 0. The third-order valence-electron chi connectivity index (χ3n) is 1.49. The van der Waals surface area contributed by atoms with Crippen LogP contribution in [0.2, 0.25) is 0 Å². The minimum Gasteiger partial charge on any atom is -0.288 e. The molecule has 0 aliphatic carbocycles. The van der Waals surface area contributed by atoms with Crippen molar-refractivity contribution in [2.45, 2.75) is 13.8 Å². The highest BCUT2D eigenvalue weighted by atomic mass is 15.1. The fourth-order valence-corrected chi connectivity index (χ4v) is 0.956. The fourth-order valence-electron chi connectivity index (χ4n) is 0.956. The van der Waals surface area contributed by atoms with Gasteiger partial charge in [-0.15, -0.1) is 0 Å². The van der Waals surface area contributed by atoms with Crippen LogP contribution in [0.4, 0.5) is 0 Å². The minimum absolute atomic E-state index is 0. The van der Waals surface area contributed by atoms with E-state index in [1.54, 1.807) is 6.20 Å². The largest absolute Gasteiger partial charge is 0.288 e. The molecule has 0 radical (unpaired) electrons. The molecule has 3 nitrogen and oxygen atoms in total. The molecule has 2 heterocycles. The van der Waals surface area contributed by atoms with Gasteiger partial charge in [0.2, 0.25) is 0 Å². The van der Waals surface area contributed by atoms with Crippen molar-refractivity contribution in [1.29, 1.82) is 0 Å². The molecular formula is C9H15N3. The van der Waals surface area contributed by atoms with Crippen LogP contribution in [0, 0.1) is 0 Å². The number of hydrogen-bond acceptors (Lipinski definition) is 2. The van der Waals surface area contributed by atoms with E-state index in [9.17, 15) is 0 Å². The molecule has 2 rings (SSSR count). The van der Waals surface area contributed by atoms with E-state index in [0.717, 1.165) is 12.2 Å². The van der Waals surface area contributed by atoms with E-state index in [0.29, 0.717) is 0 Å².